The molecule has 0 aliphatic carbocycles. The molecule has 0 aromatic heterocycles. The van der Waals surface area contributed by atoms with Crippen molar-refractivity contribution in [2.75, 3.05) is 40.0 Å². The summed E-state index contributed by atoms with van der Waals surface area (Å²) in [4.78, 5) is 39.8. The van der Waals surface area contributed by atoms with Crippen LogP contribution in [0.3, 0.4) is 0 Å². The van der Waals surface area contributed by atoms with Gasteiger partial charge < -0.3 is 14.4 Å². The lowest BCUT2D eigenvalue weighted by Crippen LogP contribution is -2.46. The number of benzene rings is 1. The number of hydrogen-bond donors (Lipinski definition) is 0. The lowest BCUT2D eigenvalue weighted by atomic mass is 10.2. The highest BCUT2D eigenvalue weighted by atomic mass is 32.2. The third-order valence-corrected chi connectivity index (χ3v) is 4.83. The van der Waals surface area contributed by atoms with Crippen LogP contribution in [0.2, 0.25) is 0 Å². The first-order valence-corrected chi connectivity index (χ1v) is 8.65. The highest BCUT2D eigenvalue weighted by Crippen LogP contribution is 2.32. The molecule has 2 saturated heterocycles. The fraction of sp³-hybridized carbons (Fsp3) is 0.353. The number of carbonyl (C=O) groups excluding carboxylic acids is 3. The van der Waals surface area contributed by atoms with Gasteiger partial charge in [-0.25, -0.2) is 0 Å². The summed E-state index contributed by atoms with van der Waals surface area (Å²) in [5, 5.41) is -0.430. The van der Waals surface area contributed by atoms with Gasteiger partial charge in [-0.3, -0.25) is 19.3 Å². The van der Waals surface area contributed by atoms with E-state index in [1.807, 2.05) is 6.07 Å². The highest BCUT2D eigenvalue weighted by molar-refractivity contribution is 8.18. The number of methoxy groups -OCH3 is 1. The van der Waals surface area contributed by atoms with Crippen LogP contribution >= 0.6 is 11.8 Å². The number of thioether (sulfide) groups is 1. The van der Waals surface area contributed by atoms with E-state index in [1.165, 1.54) is 0 Å². The minimum Gasteiger partial charge on any atom is -0.497 e. The Hall–Kier alpha value is -2.32. The molecule has 0 saturated carbocycles. The molecule has 2 fully saturated rings. The molecular formula is C17H18N2O5S. The van der Waals surface area contributed by atoms with Crippen LogP contribution in [0.1, 0.15) is 5.56 Å². The van der Waals surface area contributed by atoms with Gasteiger partial charge in [-0.15, -0.1) is 0 Å². The minimum atomic E-state index is -0.445. The zero-order chi connectivity index (χ0) is 17.8. The summed E-state index contributed by atoms with van der Waals surface area (Å²) in [6.07, 6.45) is 1.63. The van der Waals surface area contributed by atoms with Crippen molar-refractivity contribution in [2.45, 2.75) is 0 Å². The van der Waals surface area contributed by atoms with Gasteiger partial charge in [0.1, 0.15) is 12.3 Å². The number of ether oxygens (including phenoxy) is 2. The predicted molar refractivity (Wildman–Crippen MR) is 93.1 cm³/mol. The fourth-order valence-corrected chi connectivity index (χ4v) is 3.41. The van der Waals surface area contributed by atoms with E-state index in [9.17, 15) is 14.4 Å². The standard InChI is InChI=1S/C17H18N2O5S/c1-23-13-4-2-3-12(9-13)10-14-16(21)19(17(22)25-14)11-15(20)18-5-7-24-8-6-18/h2-4,9-10H,5-8,11H2,1H3/b14-10+. The predicted octanol–water partition coefficient (Wildman–Crippen LogP) is 1.59. The van der Waals surface area contributed by atoms with Crippen LogP contribution in [0.25, 0.3) is 6.08 Å². The van der Waals surface area contributed by atoms with E-state index in [0.29, 0.717) is 37.0 Å². The van der Waals surface area contributed by atoms with Crippen LogP contribution in [0.5, 0.6) is 5.75 Å². The maximum atomic E-state index is 12.5. The Balaban J connectivity index is 1.71. The second kappa shape index (κ2) is 7.71. The van der Waals surface area contributed by atoms with E-state index >= 15 is 0 Å². The minimum absolute atomic E-state index is 0.236. The third kappa shape index (κ3) is 4.02. The van der Waals surface area contributed by atoms with Crippen molar-refractivity contribution in [1.29, 1.82) is 0 Å². The lowest BCUT2D eigenvalue weighted by Gasteiger charge is -2.28. The Morgan fingerprint density at radius 3 is 2.80 bits per heavy atom. The Bertz CT molecular complexity index is 728. The number of rotatable bonds is 4. The summed E-state index contributed by atoms with van der Waals surface area (Å²) >= 11 is 0.841. The highest BCUT2D eigenvalue weighted by Gasteiger charge is 2.37. The summed E-state index contributed by atoms with van der Waals surface area (Å²) in [6.45, 7) is 1.68. The molecule has 0 spiro atoms. The zero-order valence-electron chi connectivity index (χ0n) is 13.8. The van der Waals surface area contributed by atoms with E-state index < -0.39 is 11.1 Å². The van der Waals surface area contributed by atoms with Gasteiger partial charge >= 0.3 is 0 Å². The Labute approximate surface area is 149 Å². The van der Waals surface area contributed by atoms with Gasteiger partial charge in [0, 0.05) is 13.1 Å². The van der Waals surface area contributed by atoms with Crippen molar-refractivity contribution in [3.63, 3.8) is 0 Å². The molecule has 0 N–H and O–H groups in total. The van der Waals surface area contributed by atoms with Gasteiger partial charge in [0.05, 0.1) is 25.2 Å². The maximum Gasteiger partial charge on any atom is 0.294 e. The van der Waals surface area contributed by atoms with Crippen LogP contribution < -0.4 is 4.74 Å². The summed E-state index contributed by atoms with van der Waals surface area (Å²) < 4.78 is 10.3. The summed E-state index contributed by atoms with van der Waals surface area (Å²) in [6, 6.07) is 7.18. The quantitative estimate of drug-likeness (QED) is 0.757. The molecule has 1 aromatic rings. The maximum absolute atomic E-state index is 12.5. The molecule has 2 aliphatic rings. The van der Waals surface area contributed by atoms with E-state index in [1.54, 1.807) is 36.3 Å². The number of carbonyl (C=O) groups is 3. The molecule has 3 amide bonds. The van der Waals surface area contributed by atoms with E-state index in [0.717, 1.165) is 22.2 Å². The molecule has 132 valence electrons. The van der Waals surface area contributed by atoms with Crippen molar-refractivity contribution >= 4 is 34.9 Å². The van der Waals surface area contributed by atoms with Crippen LogP contribution in [0, 0.1) is 0 Å². The van der Waals surface area contributed by atoms with Crippen molar-refractivity contribution in [3.05, 3.63) is 34.7 Å². The van der Waals surface area contributed by atoms with Gasteiger partial charge in [0.15, 0.2) is 0 Å². The monoisotopic (exact) mass is 362 g/mol. The zero-order valence-corrected chi connectivity index (χ0v) is 14.6. The summed E-state index contributed by atoms with van der Waals surface area (Å²) in [5.41, 5.74) is 0.754. The molecule has 1 aromatic carbocycles. The Morgan fingerprint density at radius 2 is 2.08 bits per heavy atom. The first-order chi connectivity index (χ1) is 12.1. The molecule has 0 bridgehead atoms. The van der Waals surface area contributed by atoms with E-state index in [-0.39, 0.29) is 12.5 Å². The molecule has 2 heterocycles. The third-order valence-electron chi connectivity index (χ3n) is 3.92. The lowest BCUT2D eigenvalue weighted by molar-refractivity contribution is -0.139. The molecule has 0 unspecified atom stereocenters. The van der Waals surface area contributed by atoms with E-state index in [2.05, 4.69) is 0 Å². The average molecular weight is 362 g/mol. The Kier molecular flexibility index (Phi) is 5.40. The number of imide groups is 1. The molecule has 0 radical (unpaired) electrons. The molecule has 3 rings (SSSR count). The van der Waals surface area contributed by atoms with Crippen molar-refractivity contribution in [1.82, 2.24) is 9.80 Å². The molecule has 8 heteroatoms. The SMILES string of the molecule is COc1cccc(/C=C2/SC(=O)N(CC(=O)N3CCOCC3)C2=O)c1. The molecule has 25 heavy (non-hydrogen) atoms. The van der Waals surface area contributed by atoms with Gasteiger partial charge in [-0.1, -0.05) is 12.1 Å². The molecule has 2 aliphatic heterocycles. The number of amides is 3. The first kappa shape index (κ1) is 17.5. The van der Waals surface area contributed by atoms with Gasteiger partial charge in [0.2, 0.25) is 5.91 Å². The summed E-state index contributed by atoms with van der Waals surface area (Å²) in [7, 11) is 1.56. The Morgan fingerprint density at radius 1 is 1.32 bits per heavy atom. The average Bonchev–Trinajstić information content (AvgIpc) is 2.90. The topological polar surface area (TPSA) is 76.2 Å². The smallest absolute Gasteiger partial charge is 0.294 e. The van der Waals surface area contributed by atoms with Crippen LogP contribution in [0.15, 0.2) is 29.2 Å². The fourth-order valence-electron chi connectivity index (χ4n) is 2.57. The second-order valence-corrected chi connectivity index (χ2v) is 6.53. The number of morpholine rings is 1. The number of nitrogens with zero attached hydrogens (tertiary/aromatic N) is 2. The van der Waals surface area contributed by atoms with Crippen molar-refractivity contribution < 1.29 is 23.9 Å². The largest absolute Gasteiger partial charge is 0.497 e. The van der Waals surface area contributed by atoms with Gasteiger partial charge in [-0.2, -0.15) is 0 Å². The summed E-state index contributed by atoms with van der Waals surface area (Å²) in [5.74, 6) is -0.0249. The molecular weight excluding hydrogens is 344 g/mol. The van der Waals surface area contributed by atoms with Crippen LogP contribution in [0.4, 0.5) is 4.79 Å². The first-order valence-electron chi connectivity index (χ1n) is 7.83. The van der Waals surface area contributed by atoms with Crippen molar-refractivity contribution in [2.24, 2.45) is 0 Å². The second-order valence-electron chi connectivity index (χ2n) is 5.54. The number of hydrogen-bond acceptors (Lipinski definition) is 6. The normalized spacial score (nSPS) is 19.6. The van der Waals surface area contributed by atoms with Crippen LogP contribution in [-0.4, -0.2) is 66.8 Å². The van der Waals surface area contributed by atoms with Gasteiger partial charge in [-0.05, 0) is 35.5 Å². The van der Waals surface area contributed by atoms with Crippen molar-refractivity contribution in [3.8, 4) is 5.75 Å². The molecule has 0 atom stereocenters. The molecule has 7 nitrogen and oxygen atoms in total. The van der Waals surface area contributed by atoms with Crippen LogP contribution in [-0.2, 0) is 14.3 Å². The van der Waals surface area contributed by atoms with Gasteiger partial charge in [0.25, 0.3) is 11.1 Å². The van der Waals surface area contributed by atoms with E-state index in [4.69, 9.17) is 9.47 Å².